The average molecular weight is 381 g/mol. The van der Waals surface area contributed by atoms with Crippen LogP contribution in [0.4, 0.5) is 4.79 Å². The van der Waals surface area contributed by atoms with E-state index in [1.165, 1.54) is 11.1 Å². The van der Waals surface area contributed by atoms with Crippen molar-refractivity contribution >= 4 is 33.3 Å². The van der Waals surface area contributed by atoms with E-state index in [1.807, 2.05) is 24.3 Å². The average Bonchev–Trinajstić information content (AvgIpc) is 2.96. The molecule has 116 valence electrons. The molecule has 3 rings (SSSR count). The second-order valence-electron chi connectivity index (χ2n) is 5.18. The summed E-state index contributed by atoms with van der Waals surface area (Å²) in [6.07, 6.45) is 0.880. The highest BCUT2D eigenvalue weighted by atomic mass is 79.9. The zero-order valence-corrected chi connectivity index (χ0v) is 14.4. The molecule has 2 amide bonds. The Hall–Kier alpha value is -1.37. The van der Waals surface area contributed by atoms with Crippen LogP contribution in [-0.4, -0.2) is 18.7 Å². The van der Waals surface area contributed by atoms with E-state index >= 15 is 0 Å². The van der Waals surface area contributed by atoms with Crippen LogP contribution in [0.5, 0.6) is 0 Å². The Morgan fingerprint density at radius 2 is 2.05 bits per heavy atom. The Bertz CT molecular complexity index is 659. The number of amides is 2. The first-order valence-electron chi connectivity index (χ1n) is 7.15. The van der Waals surface area contributed by atoms with Crippen molar-refractivity contribution in [1.82, 2.24) is 10.6 Å². The van der Waals surface area contributed by atoms with Crippen molar-refractivity contribution in [3.63, 3.8) is 0 Å². The normalized spacial score (nSPS) is 16.9. The minimum atomic E-state index is -0.160. The number of fused-ring (bicyclic) bond motifs is 1. The molecule has 4 nitrogen and oxygen atoms in total. The molecule has 0 spiro atoms. The summed E-state index contributed by atoms with van der Waals surface area (Å²) < 4.78 is 6.84. The van der Waals surface area contributed by atoms with Gasteiger partial charge in [0.1, 0.15) is 0 Å². The molecule has 6 heteroatoms. The third kappa shape index (κ3) is 4.09. The minimum Gasteiger partial charge on any atom is -0.371 e. The number of thiophene rings is 1. The number of carbonyl (C=O) groups excluding carboxylic acids is 1. The molecule has 0 bridgehead atoms. The fourth-order valence-electron chi connectivity index (χ4n) is 2.42. The number of urea groups is 1. The van der Waals surface area contributed by atoms with E-state index in [0.717, 1.165) is 15.1 Å². The maximum atomic E-state index is 11.8. The molecule has 1 aliphatic heterocycles. The van der Waals surface area contributed by atoms with Gasteiger partial charge in [-0.25, -0.2) is 4.79 Å². The van der Waals surface area contributed by atoms with E-state index in [2.05, 4.69) is 38.7 Å². The molecule has 2 N–H and O–H groups in total. The topological polar surface area (TPSA) is 50.4 Å². The molecular weight excluding hydrogens is 364 g/mol. The summed E-state index contributed by atoms with van der Waals surface area (Å²) in [4.78, 5) is 12.9. The number of carbonyl (C=O) groups is 1. The summed E-state index contributed by atoms with van der Waals surface area (Å²) >= 11 is 5.03. The predicted octanol–water partition coefficient (Wildman–Crippen LogP) is 3.45. The van der Waals surface area contributed by atoms with Gasteiger partial charge in [-0.05, 0) is 39.2 Å². The Labute approximate surface area is 142 Å². The molecule has 0 fully saturated rings. The van der Waals surface area contributed by atoms with Crippen LogP contribution in [0.3, 0.4) is 0 Å². The van der Waals surface area contributed by atoms with E-state index in [1.54, 1.807) is 11.3 Å². The number of halogens is 1. The molecule has 0 aliphatic carbocycles. The Morgan fingerprint density at radius 3 is 2.82 bits per heavy atom. The second-order valence-corrected chi connectivity index (χ2v) is 7.72. The third-order valence-electron chi connectivity index (χ3n) is 3.58. The highest BCUT2D eigenvalue weighted by Gasteiger charge is 2.19. The van der Waals surface area contributed by atoms with Crippen molar-refractivity contribution in [3.05, 3.63) is 56.2 Å². The lowest BCUT2D eigenvalue weighted by atomic mass is 9.99. The summed E-state index contributed by atoms with van der Waals surface area (Å²) in [5, 5.41) is 5.73. The summed E-state index contributed by atoms with van der Waals surface area (Å²) in [5.41, 5.74) is 2.55. The molecule has 0 saturated heterocycles. The molecule has 0 unspecified atom stereocenters. The lowest BCUT2D eigenvalue weighted by molar-refractivity contribution is 0.0305. The van der Waals surface area contributed by atoms with Crippen molar-refractivity contribution in [2.75, 3.05) is 6.54 Å². The number of rotatable bonds is 4. The maximum absolute atomic E-state index is 11.8. The highest BCUT2D eigenvalue weighted by molar-refractivity contribution is 9.11. The van der Waals surface area contributed by atoms with Gasteiger partial charge < -0.3 is 15.4 Å². The fraction of sp³-hybridized carbons (Fsp3) is 0.312. The van der Waals surface area contributed by atoms with Crippen molar-refractivity contribution in [2.45, 2.75) is 25.7 Å². The monoisotopic (exact) mass is 380 g/mol. The minimum absolute atomic E-state index is 0.0385. The molecule has 2 aromatic rings. The van der Waals surface area contributed by atoms with Crippen LogP contribution in [0.15, 0.2) is 40.2 Å². The second kappa shape index (κ2) is 7.26. The lowest BCUT2D eigenvalue weighted by Crippen LogP contribution is -2.41. The number of hydrogen-bond donors (Lipinski definition) is 2. The van der Waals surface area contributed by atoms with Crippen LogP contribution >= 0.6 is 27.3 Å². The molecule has 1 aromatic carbocycles. The van der Waals surface area contributed by atoms with Crippen molar-refractivity contribution in [3.8, 4) is 0 Å². The lowest BCUT2D eigenvalue weighted by Gasteiger charge is -2.25. The zero-order chi connectivity index (χ0) is 15.4. The molecule has 0 saturated carbocycles. The zero-order valence-electron chi connectivity index (χ0n) is 12.0. The predicted molar refractivity (Wildman–Crippen MR) is 91.0 cm³/mol. The van der Waals surface area contributed by atoms with Gasteiger partial charge >= 0.3 is 6.03 Å². The molecule has 1 aromatic heterocycles. The first kappa shape index (κ1) is 15.5. The van der Waals surface area contributed by atoms with Gasteiger partial charge in [0.05, 0.1) is 23.0 Å². The van der Waals surface area contributed by atoms with E-state index < -0.39 is 0 Å². The van der Waals surface area contributed by atoms with Crippen molar-refractivity contribution in [1.29, 1.82) is 0 Å². The summed E-state index contributed by atoms with van der Waals surface area (Å²) in [7, 11) is 0. The van der Waals surface area contributed by atoms with Crippen molar-refractivity contribution in [2.24, 2.45) is 0 Å². The van der Waals surface area contributed by atoms with Crippen LogP contribution in [0.1, 0.15) is 16.0 Å². The third-order valence-corrected chi connectivity index (χ3v) is 5.21. The molecule has 2 heterocycles. The number of ether oxygens (including phenoxy) is 1. The summed E-state index contributed by atoms with van der Waals surface area (Å²) in [5.74, 6) is 0. The van der Waals surface area contributed by atoms with Gasteiger partial charge in [0.2, 0.25) is 0 Å². The fourth-order valence-corrected chi connectivity index (χ4v) is 3.85. The van der Waals surface area contributed by atoms with E-state index in [-0.39, 0.29) is 12.1 Å². The Morgan fingerprint density at radius 1 is 1.23 bits per heavy atom. The molecular formula is C16H17BrN2O2S. The van der Waals surface area contributed by atoms with Crippen molar-refractivity contribution < 1.29 is 9.53 Å². The molecule has 22 heavy (non-hydrogen) atoms. The van der Waals surface area contributed by atoms with Crippen LogP contribution in [0.25, 0.3) is 0 Å². The SMILES string of the molecule is O=C(NCc1ccc(Br)s1)NC[C@@H]1Cc2ccccc2CO1. The van der Waals surface area contributed by atoms with Gasteiger partial charge in [0, 0.05) is 17.8 Å². The maximum Gasteiger partial charge on any atom is 0.315 e. The molecule has 1 atom stereocenters. The number of nitrogens with one attached hydrogen (secondary N) is 2. The van der Waals surface area contributed by atoms with Gasteiger partial charge in [-0.15, -0.1) is 11.3 Å². The van der Waals surface area contributed by atoms with Crippen LogP contribution in [0.2, 0.25) is 0 Å². The largest absolute Gasteiger partial charge is 0.371 e. The van der Waals surface area contributed by atoms with Gasteiger partial charge in [-0.2, -0.15) is 0 Å². The van der Waals surface area contributed by atoms with Crippen LogP contribution in [-0.2, 0) is 24.3 Å². The van der Waals surface area contributed by atoms with Gasteiger partial charge in [-0.1, -0.05) is 24.3 Å². The number of hydrogen-bond acceptors (Lipinski definition) is 3. The highest BCUT2D eigenvalue weighted by Crippen LogP contribution is 2.22. The van der Waals surface area contributed by atoms with Gasteiger partial charge in [-0.3, -0.25) is 0 Å². The summed E-state index contributed by atoms with van der Waals surface area (Å²) in [6.45, 7) is 1.68. The van der Waals surface area contributed by atoms with E-state index in [4.69, 9.17) is 4.74 Å². The molecule has 1 aliphatic rings. The van der Waals surface area contributed by atoms with Gasteiger partial charge in [0.15, 0.2) is 0 Å². The quantitative estimate of drug-likeness (QED) is 0.853. The van der Waals surface area contributed by atoms with Crippen LogP contribution in [0, 0.1) is 0 Å². The molecule has 0 radical (unpaired) electrons. The van der Waals surface area contributed by atoms with Crippen LogP contribution < -0.4 is 10.6 Å². The number of benzene rings is 1. The first-order chi connectivity index (χ1) is 10.7. The van der Waals surface area contributed by atoms with E-state index in [9.17, 15) is 4.79 Å². The van der Waals surface area contributed by atoms with E-state index in [0.29, 0.717) is 19.7 Å². The van der Waals surface area contributed by atoms with Gasteiger partial charge in [0.25, 0.3) is 0 Å². The smallest absolute Gasteiger partial charge is 0.315 e. The Kier molecular flexibility index (Phi) is 5.12. The summed E-state index contributed by atoms with van der Waals surface area (Å²) in [6, 6.07) is 12.1. The first-order valence-corrected chi connectivity index (χ1v) is 8.76. The Balaban J connectivity index is 1.42. The standard InChI is InChI=1S/C16H17BrN2O2S/c17-15-6-5-14(22-15)9-19-16(20)18-8-13-7-11-3-1-2-4-12(11)10-21-13/h1-6,13H,7-10H2,(H2,18,19,20)/t13-/m0/s1.